The molecule has 4 N–H and O–H groups in total. The summed E-state index contributed by atoms with van der Waals surface area (Å²) in [6.45, 7) is 5.93. The van der Waals surface area contributed by atoms with Crippen LogP contribution in [0.2, 0.25) is 0 Å². The average Bonchev–Trinajstić information content (AvgIpc) is 2.80. The molecule has 176 valence electrons. The van der Waals surface area contributed by atoms with E-state index in [0.717, 1.165) is 31.9 Å². The molecule has 0 aromatic heterocycles. The van der Waals surface area contributed by atoms with Crippen molar-refractivity contribution in [1.29, 1.82) is 0 Å². The van der Waals surface area contributed by atoms with Gasteiger partial charge in [0.25, 0.3) is 0 Å². The minimum Gasteiger partial charge on any atom is -0.506 e. The number of carbonyl (C=O) groups is 3. The molecule has 8 nitrogen and oxygen atoms in total. The number of phenolic OH excluding ortho intramolecular Hbond substituents is 2. The molecule has 0 heterocycles. The van der Waals surface area contributed by atoms with Crippen molar-refractivity contribution in [2.24, 2.45) is 22.7 Å². The van der Waals surface area contributed by atoms with E-state index in [4.69, 9.17) is 0 Å². The number of ketones is 1. The molecular formula is C25H29NO7. The molecule has 3 saturated carbocycles. The first-order chi connectivity index (χ1) is 15.5. The van der Waals surface area contributed by atoms with E-state index in [1.54, 1.807) is 0 Å². The number of fused-ring (bicyclic) bond motifs is 2. The van der Waals surface area contributed by atoms with Crippen LogP contribution in [0, 0.1) is 22.7 Å². The van der Waals surface area contributed by atoms with Crippen LogP contribution >= 0.6 is 0 Å². The van der Waals surface area contributed by atoms with E-state index in [9.17, 15) is 29.7 Å². The Labute approximate surface area is 191 Å². The van der Waals surface area contributed by atoms with Gasteiger partial charge in [0.1, 0.15) is 17.0 Å². The van der Waals surface area contributed by atoms with Gasteiger partial charge in [-0.15, -0.1) is 0 Å². The molecule has 33 heavy (non-hydrogen) atoms. The Hall–Kier alpha value is -3.13. The molecule has 4 aliphatic carbocycles. The quantitative estimate of drug-likeness (QED) is 0.305. The highest BCUT2D eigenvalue weighted by Gasteiger charge is 2.62. The number of phenols is 2. The lowest BCUT2D eigenvalue weighted by Crippen LogP contribution is -2.60. The summed E-state index contributed by atoms with van der Waals surface area (Å²) in [7, 11) is 1.15. The van der Waals surface area contributed by atoms with Gasteiger partial charge in [0.05, 0.1) is 13.2 Å². The van der Waals surface area contributed by atoms with Crippen molar-refractivity contribution in [3.63, 3.8) is 0 Å². The minimum atomic E-state index is -0.843. The summed E-state index contributed by atoms with van der Waals surface area (Å²) in [5.74, 6) is -2.35. The van der Waals surface area contributed by atoms with Gasteiger partial charge in [-0.1, -0.05) is 19.6 Å². The molecular weight excluding hydrogens is 426 g/mol. The molecule has 5 atom stereocenters. The lowest BCUT2D eigenvalue weighted by atomic mass is 9.43. The molecule has 5 rings (SSSR count). The van der Waals surface area contributed by atoms with E-state index in [2.05, 4.69) is 16.6 Å². The van der Waals surface area contributed by atoms with Crippen LogP contribution in [-0.4, -0.2) is 46.2 Å². The normalized spacial score (nSPS) is 32.4. The molecule has 1 aromatic carbocycles. The Morgan fingerprint density at radius 1 is 1.30 bits per heavy atom. The van der Waals surface area contributed by atoms with Gasteiger partial charge in [-0.25, -0.2) is 4.79 Å². The maximum atomic E-state index is 13.0. The van der Waals surface area contributed by atoms with Crippen LogP contribution in [-0.2, 0) is 14.3 Å². The highest BCUT2D eigenvalue weighted by Crippen LogP contribution is 2.64. The summed E-state index contributed by atoms with van der Waals surface area (Å²) in [5, 5.41) is 33.8. The number of hydrogen-bond acceptors (Lipinski definition) is 7. The van der Waals surface area contributed by atoms with Gasteiger partial charge in [-0.2, -0.15) is 0 Å². The third-order valence-electron chi connectivity index (χ3n) is 8.05. The molecule has 5 unspecified atom stereocenters. The second-order valence-electron chi connectivity index (χ2n) is 9.62. The number of esters is 1. The average molecular weight is 456 g/mol. The maximum absolute atomic E-state index is 13.0. The van der Waals surface area contributed by atoms with Gasteiger partial charge in [0.15, 0.2) is 11.5 Å². The van der Waals surface area contributed by atoms with Crippen molar-refractivity contribution in [3.8, 4) is 11.5 Å². The summed E-state index contributed by atoms with van der Waals surface area (Å²) < 4.78 is 4.60. The van der Waals surface area contributed by atoms with Gasteiger partial charge in [-0.05, 0) is 61.3 Å². The lowest BCUT2D eigenvalue weighted by Gasteiger charge is -2.61. The lowest BCUT2D eigenvalue weighted by molar-refractivity contribution is -0.145. The van der Waals surface area contributed by atoms with Crippen LogP contribution in [0.15, 0.2) is 36.4 Å². The number of aliphatic hydroxyl groups is 1. The molecule has 1 amide bonds. The number of carbonyl (C=O) groups excluding carboxylic acids is 3. The summed E-state index contributed by atoms with van der Waals surface area (Å²) in [4.78, 5) is 37.6. The Balaban J connectivity index is 1.53. The van der Waals surface area contributed by atoms with Gasteiger partial charge >= 0.3 is 5.97 Å². The number of ether oxygens (including phenoxy) is 1. The highest BCUT2D eigenvalue weighted by atomic mass is 16.5. The second-order valence-corrected chi connectivity index (χ2v) is 9.62. The van der Waals surface area contributed by atoms with Crippen LogP contribution in [0.25, 0.3) is 0 Å². The molecule has 4 aliphatic rings. The van der Waals surface area contributed by atoms with Crippen LogP contribution in [0.3, 0.4) is 0 Å². The fraction of sp³-hybridized carbons (Fsp3) is 0.480. The number of rotatable bonds is 5. The summed E-state index contributed by atoms with van der Waals surface area (Å²) >= 11 is 0. The van der Waals surface area contributed by atoms with Gasteiger partial charge in [-0.3, -0.25) is 9.59 Å². The van der Waals surface area contributed by atoms with Gasteiger partial charge in [0.2, 0.25) is 5.91 Å². The number of aromatic hydroxyl groups is 2. The SMILES string of the molecule is C=C1C2CCC3(C=CC(=O)C(C)(CCC(=O)Nc4c(O)ccc(C(=O)OC)c4O)C3C2)C1O. The maximum Gasteiger partial charge on any atom is 0.341 e. The van der Waals surface area contributed by atoms with E-state index < -0.39 is 40.3 Å². The van der Waals surface area contributed by atoms with E-state index in [0.29, 0.717) is 0 Å². The Bertz CT molecular complexity index is 1080. The van der Waals surface area contributed by atoms with Crippen LogP contribution in [0.4, 0.5) is 5.69 Å². The predicted octanol–water partition coefficient (Wildman–Crippen LogP) is 3.08. The standard InChI is InChI=1S/C25H29NO7/c1-13-14-6-10-25(22(13)31)11-7-18(28)24(2,17(25)12-14)9-8-19(29)26-20-16(27)5-4-15(21(20)30)23(32)33-3/h4-5,7,11,14,17,22,27,30-31H,1,6,8-10,12H2,2-3H3,(H,26,29). The molecule has 2 bridgehead atoms. The summed E-state index contributed by atoms with van der Waals surface area (Å²) in [6.07, 6.45) is 5.31. The van der Waals surface area contributed by atoms with Gasteiger partial charge < -0.3 is 25.4 Å². The van der Waals surface area contributed by atoms with Crippen LogP contribution in [0.5, 0.6) is 11.5 Å². The monoisotopic (exact) mass is 455 g/mol. The zero-order chi connectivity index (χ0) is 24.1. The number of allylic oxidation sites excluding steroid dienone is 1. The third kappa shape index (κ3) is 3.44. The minimum absolute atomic E-state index is 0.0499. The van der Waals surface area contributed by atoms with E-state index >= 15 is 0 Å². The summed E-state index contributed by atoms with van der Waals surface area (Å²) in [6, 6.07) is 2.37. The van der Waals surface area contributed by atoms with Crippen molar-refractivity contribution in [1.82, 2.24) is 0 Å². The molecule has 0 aliphatic heterocycles. The first-order valence-corrected chi connectivity index (χ1v) is 11.1. The fourth-order valence-electron chi connectivity index (χ4n) is 6.04. The molecule has 1 aromatic rings. The number of nitrogens with one attached hydrogen (secondary N) is 1. The second kappa shape index (κ2) is 8.02. The Morgan fingerprint density at radius 2 is 2.03 bits per heavy atom. The number of methoxy groups -OCH3 is 1. The topological polar surface area (TPSA) is 133 Å². The third-order valence-corrected chi connectivity index (χ3v) is 8.05. The Morgan fingerprint density at radius 3 is 2.73 bits per heavy atom. The number of amides is 1. The molecule has 0 saturated heterocycles. The van der Waals surface area contributed by atoms with Crippen molar-refractivity contribution >= 4 is 23.3 Å². The van der Waals surface area contributed by atoms with Crippen molar-refractivity contribution in [2.45, 2.75) is 45.1 Å². The molecule has 3 fully saturated rings. The van der Waals surface area contributed by atoms with E-state index in [1.807, 2.05) is 13.0 Å². The highest BCUT2D eigenvalue weighted by molar-refractivity contribution is 6.01. The van der Waals surface area contributed by atoms with E-state index in [-0.39, 0.29) is 41.7 Å². The fourth-order valence-corrected chi connectivity index (χ4v) is 6.04. The number of benzene rings is 1. The Kier molecular flexibility index (Phi) is 5.60. The predicted molar refractivity (Wildman–Crippen MR) is 120 cm³/mol. The van der Waals surface area contributed by atoms with Crippen molar-refractivity contribution < 1.29 is 34.4 Å². The zero-order valence-corrected chi connectivity index (χ0v) is 18.8. The number of anilines is 1. The first kappa shape index (κ1) is 23.0. The zero-order valence-electron chi connectivity index (χ0n) is 18.8. The van der Waals surface area contributed by atoms with Gasteiger partial charge in [0, 0.05) is 17.3 Å². The number of hydrogen-bond donors (Lipinski definition) is 4. The molecule has 0 radical (unpaired) electrons. The largest absolute Gasteiger partial charge is 0.506 e. The van der Waals surface area contributed by atoms with E-state index in [1.165, 1.54) is 18.2 Å². The smallest absolute Gasteiger partial charge is 0.341 e. The number of aliphatic hydroxyl groups excluding tert-OH is 1. The summed E-state index contributed by atoms with van der Waals surface area (Å²) in [5.41, 5.74) is -1.05. The van der Waals surface area contributed by atoms with Crippen molar-refractivity contribution in [3.05, 3.63) is 42.0 Å². The van der Waals surface area contributed by atoms with Crippen LogP contribution < -0.4 is 5.32 Å². The van der Waals surface area contributed by atoms with Crippen LogP contribution in [0.1, 0.15) is 49.4 Å². The molecule has 1 spiro atoms. The molecule has 8 heteroatoms. The first-order valence-electron chi connectivity index (χ1n) is 11.1. The van der Waals surface area contributed by atoms with Crippen molar-refractivity contribution in [2.75, 3.05) is 12.4 Å².